The van der Waals surface area contributed by atoms with E-state index in [-0.39, 0.29) is 11.8 Å². The van der Waals surface area contributed by atoms with Crippen LogP contribution >= 0.6 is 0 Å². The average molecular weight is 325 g/mol. The number of nitrogens with one attached hydrogen (secondary N) is 1. The molecular weight excluding hydrogens is 284 g/mol. The Morgan fingerprint density at radius 1 is 1.09 bits per heavy atom. The van der Waals surface area contributed by atoms with Gasteiger partial charge in [-0.3, -0.25) is 4.79 Å². The Morgan fingerprint density at radius 2 is 1.70 bits per heavy atom. The first-order valence-electron chi connectivity index (χ1n) is 9.80. The van der Waals surface area contributed by atoms with Crippen molar-refractivity contribution >= 4 is 5.91 Å². The SMILES string of the molecule is C=C1CC(C(=O)NCCCC)CN1CCCCCCC.CCC. The molecule has 1 saturated heterocycles. The van der Waals surface area contributed by atoms with Crippen LogP contribution in [0, 0.1) is 5.92 Å². The molecule has 1 rings (SSSR count). The molecule has 1 amide bonds. The first-order chi connectivity index (χ1) is 11.1. The number of likely N-dealkylation sites (tertiary alicyclic amines) is 1. The summed E-state index contributed by atoms with van der Waals surface area (Å²) in [5.41, 5.74) is 1.15. The quantitative estimate of drug-likeness (QED) is 0.565. The van der Waals surface area contributed by atoms with E-state index in [0.717, 1.165) is 44.6 Å². The van der Waals surface area contributed by atoms with Gasteiger partial charge in [-0.25, -0.2) is 0 Å². The number of rotatable bonds is 10. The van der Waals surface area contributed by atoms with Gasteiger partial charge in [0, 0.05) is 25.3 Å². The second-order valence-corrected chi connectivity index (χ2v) is 6.68. The van der Waals surface area contributed by atoms with Gasteiger partial charge in [-0.05, 0) is 19.3 Å². The minimum absolute atomic E-state index is 0.120. The molecule has 1 atom stereocenters. The molecule has 0 aliphatic carbocycles. The molecular formula is C20H40N2O. The van der Waals surface area contributed by atoms with Crippen LogP contribution in [0.3, 0.4) is 0 Å². The molecule has 1 unspecified atom stereocenters. The van der Waals surface area contributed by atoms with Gasteiger partial charge in [0.1, 0.15) is 0 Å². The van der Waals surface area contributed by atoms with E-state index < -0.39 is 0 Å². The number of hydrogen-bond acceptors (Lipinski definition) is 2. The molecule has 0 aromatic heterocycles. The highest BCUT2D eigenvalue weighted by Gasteiger charge is 2.29. The summed E-state index contributed by atoms with van der Waals surface area (Å²) in [6, 6.07) is 0. The van der Waals surface area contributed by atoms with Crippen molar-refractivity contribution in [3.05, 3.63) is 12.3 Å². The summed E-state index contributed by atoms with van der Waals surface area (Å²) in [6.45, 7) is 15.5. The summed E-state index contributed by atoms with van der Waals surface area (Å²) < 4.78 is 0. The van der Waals surface area contributed by atoms with Crippen molar-refractivity contribution in [3.8, 4) is 0 Å². The van der Waals surface area contributed by atoms with Crippen LogP contribution in [0.2, 0.25) is 0 Å². The van der Waals surface area contributed by atoms with Crippen LogP contribution in [-0.4, -0.2) is 30.4 Å². The Kier molecular flexibility index (Phi) is 14.0. The molecule has 0 radical (unpaired) electrons. The zero-order valence-electron chi connectivity index (χ0n) is 16.1. The zero-order chi connectivity index (χ0) is 17.5. The van der Waals surface area contributed by atoms with Crippen molar-refractivity contribution in [1.82, 2.24) is 10.2 Å². The third kappa shape index (κ3) is 10.4. The van der Waals surface area contributed by atoms with Gasteiger partial charge in [0.05, 0.1) is 5.92 Å². The highest BCUT2D eigenvalue weighted by molar-refractivity contribution is 5.79. The lowest BCUT2D eigenvalue weighted by atomic mass is 10.1. The number of unbranched alkanes of at least 4 members (excludes halogenated alkanes) is 5. The molecule has 1 aliphatic rings. The Balaban J connectivity index is 0.00000149. The Morgan fingerprint density at radius 3 is 2.30 bits per heavy atom. The second-order valence-electron chi connectivity index (χ2n) is 6.68. The van der Waals surface area contributed by atoms with E-state index in [1.807, 2.05) is 0 Å². The predicted molar refractivity (Wildman–Crippen MR) is 101 cm³/mol. The fraction of sp³-hybridized carbons (Fsp3) is 0.850. The van der Waals surface area contributed by atoms with Crippen LogP contribution in [0.5, 0.6) is 0 Å². The number of carbonyl (C=O) groups is 1. The third-order valence-electron chi connectivity index (χ3n) is 4.10. The van der Waals surface area contributed by atoms with E-state index in [1.54, 1.807) is 0 Å². The van der Waals surface area contributed by atoms with Crippen LogP contribution in [-0.2, 0) is 4.79 Å². The minimum Gasteiger partial charge on any atom is -0.374 e. The lowest BCUT2D eigenvalue weighted by Gasteiger charge is -2.19. The summed E-state index contributed by atoms with van der Waals surface area (Å²) in [7, 11) is 0. The molecule has 1 N–H and O–H groups in total. The molecule has 3 nitrogen and oxygen atoms in total. The van der Waals surface area contributed by atoms with Gasteiger partial charge in [0.25, 0.3) is 0 Å². The first kappa shape index (κ1) is 22.0. The molecule has 0 aromatic rings. The van der Waals surface area contributed by atoms with Crippen molar-refractivity contribution in [3.63, 3.8) is 0 Å². The number of allylic oxidation sites excluding steroid dienone is 1. The summed E-state index contributed by atoms with van der Waals surface area (Å²) >= 11 is 0. The maximum Gasteiger partial charge on any atom is 0.225 e. The Hall–Kier alpha value is -0.990. The lowest BCUT2D eigenvalue weighted by molar-refractivity contribution is -0.124. The van der Waals surface area contributed by atoms with E-state index >= 15 is 0 Å². The molecule has 23 heavy (non-hydrogen) atoms. The van der Waals surface area contributed by atoms with Gasteiger partial charge in [0.2, 0.25) is 5.91 Å². The minimum atomic E-state index is 0.120. The second kappa shape index (κ2) is 14.6. The largest absolute Gasteiger partial charge is 0.374 e. The summed E-state index contributed by atoms with van der Waals surface area (Å²) in [4.78, 5) is 14.4. The van der Waals surface area contributed by atoms with Gasteiger partial charge in [-0.15, -0.1) is 0 Å². The topological polar surface area (TPSA) is 32.3 Å². The summed E-state index contributed by atoms with van der Waals surface area (Å²) in [6.07, 6.45) is 10.8. The first-order valence-corrected chi connectivity index (χ1v) is 9.80. The Labute approximate surface area is 144 Å². The van der Waals surface area contributed by atoms with E-state index in [1.165, 1.54) is 38.5 Å². The molecule has 1 aliphatic heterocycles. The van der Waals surface area contributed by atoms with Crippen LogP contribution in [0.15, 0.2) is 12.3 Å². The summed E-state index contributed by atoms with van der Waals surface area (Å²) in [5, 5.41) is 3.04. The normalized spacial score (nSPS) is 17.0. The molecule has 0 spiro atoms. The number of amides is 1. The van der Waals surface area contributed by atoms with Crippen LogP contribution in [0.25, 0.3) is 0 Å². The van der Waals surface area contributed by atoms with Gasteiger partial charge in [-0.2, -0.15) is 0 Å². The van der Waals surface area contributed by atoms with Crippen molar-refractivity contribution in [2.45, 2.75) is 85.5 Å². The fourth-order valence-corrected chi connectivity index (χ4v) is 2.74. The van der Waals surface area contributed by atoms with Crippen LogP contribution in [0.4, 0.5) is 0 Å². The van der Waals surface area contributed by atoms with Gasteiger partial charge >= 0.3 is 0 Å². The van der Waals surface area contributed by atoms with Gasteiger partial charge in [-0.1, -0.05) is 72.8 Å². The molecule has 3 heteroatoms. The number of hydrogen-bond donors (Lipinski definition) is 1. The predicted octanol–water partition coefficient (Wildman–Crippen LogP) is 5.13. The standard InChI is InChI=1S/C17H32N2O.C3H8/c1-4-6-8-9-10-12-19-14-16(13-15(19)3)17(20)18-11-7-5-2;1-3-2/h16H,3-14H2,1-2H3,(H,18,20);3H2,1-2H3. The summed E-state index contributed by atoms with van der Waals surface area (Å²) in [5.74, 6) is 0.336. The van der Waals surface area contributed by atoms with E-state index in [0.29, 0.717) is 0 Å². The lowest BCUT2D eigenvalue weighted by Crippen LogP contribution is -2.33. The zero-order valence-corrected chi connectivity index (χ0v) is 16.1. The Bertz CT molecular complexity index is 315. The molecule has 0 bridgehead atoms. The van der Waals surface area contributed by atoms with Crippen LogP contribution < -0.4 is 5.32 Å². The number of carbonyl (C=O) groups excluding carboxylic acids is 1. The molecule has 1 heterocycles. The highest BCUT2D eigenvalue weighted by Crippen LogP contribution is 2.25. The molecule has 1 fully saturated rings. The average Bonchev–Trinajstić information content (AvgIpc) is 2.89. The van der Waals surface area contributed by atoms with Crippen molar-refractivity contribution in [1.29, 1.82) is 0 Å². The van der Waals surface area contributed by atoms with Crippen molar-refractivity contribution < 1.29 is 4.79 Å². The van der Waals surface area contributed by atoms with Crippen molar-refractivity contribution in [2.75, 3.05) is 19.6 Å². The molecule has 0 aromatic carbocycles. The van der Waals surface area contributed by atoms with E-state index in [4.69, 9.17) is 0 Å². The van der Waals surface area contributed by atoms with Gasteiger partial charge in [0.15, 0.2) is 0 Å². The maximum absolute atomic E-state index is 12.0. The maximum atomic E-state index is 12.0. The highest BCUT2D eigenvalue weighted by atomic mass is 16.1. The van der Waals surface area contributed by atoms with Crippen LogP contribution in [0.1, 0.15) is 85.5 Å². The monoisotopic (exact) mass is 324 g/mol. The smallest absolute Gasteiger partial charge is 0.225 e. The molecule has 0 saturated carbocycles. The molecule has 136 valence electrons. The third-order valence-corrected chi connectivity index (χ3v) is 4.10. The fourth-order valence-electron chi connectivity index (χ4n) is 2.74. The van der Waals surface area contributed by atoms with Gasteiger partial charge < -0.3 is 10.2 Å². The number of nitrogens with zero attached hydrogens (tertiary/aromatic N) is 1. The van der Waals surface area contributed by atoms with Crippen molar-refractivity contribution in [2.24, 2.45) is 5.92 Å². The van der Waals surface area contributed by atoms with E-state index in [2.05, 4.69) is 44.5 Å². The van der Waals surface area contributed by atoms with E-state index in [9.17, 15) is 4.79 Å².